The lowest BCUT2D eigenvalue weighted by atomic mass is 9.70. The number of hydrogen-bond acceptors (Lipinski definition) is 2. The summed E-state index contributed by atoms with van der Waals surface area (Å²) >= 11 is 0. The van der Waals surface area contributed by atoms with Gasteiger partial charge in [-0.25, -0.2) is 0 Å². The van der Waals surface area contributed by atoms with Crippen LogP contribution in [0, 0.1) is 11.8 Å². The first-order chi connectivity index (χ1) is 9.33. The van der Waals surface area contributed by atoms with Gasteiger partial charge in [0.25, 0.3) is 0 Å². The Morgan fingerprint density at radius 2 is 1.84 bits per heavy atom. The van der Waals surface area contributed by atoms with Crippen molar-refractivity contribution >= 4 is 0 Å². The van der Waals surface area contributed by atoms with Crippen molar-refractivity contribution in [3.05, 3.63) is 0 Å². The first-order valence-corrected chi connectivity index (χ1v) is 8.70. The van der Waals surface area contributed by atoms with Crippen LogP contribution in [0.5, 0.6) is 0 Å². The van der Waals surface area contributed by atoms with Gasteiger partial charge in [-0.2, -0.15) is 0 Å². The molecular formula is C17H31NO. The zero-order valence-electron chi connectivity index (χ0n) is 12.6. The van der Waals surface area contributed by atoms with E-state index >= 15 is 0 Å². The van der Waals surface area contributed by atoms with Crippen molar-refractivity contribution in [3.63, 3.8) is 0 Å². The molecule has 0 bridgehead atoms. The molecule has 0 amide bonds. The Hall–Kier alpha value is -0.0800. The lowest BCUT2D eigenvalue weighted by molar-refractivity contribution is -0.106. The molecule has 1 spiro atoms. The Balaban J connectivity index is 1.65. The number of ether oxygens (including phenoxy) is 1. The van der Waals surface area contributed by atoms with Gasteiger partial charge in [0.1, 0.15) is 0 Å². The quantitative estimate of drug-likeness (QED) is 0.836. The van der Waals surface area contributed by atoms with Crippen molar-refractivity contribution in [2.75, 3.05) is 13.2 Å². The van der Waals surface area contributed by atoms with Gasteiger partial charge in [0.15, 0.2) is 0 Å². The monoisotopic (exact) mass is 265 g/mol. The molecule has 3 unspecified atom stereocenters. The molecule has 3 aliphatic rings. The molecule has 2 nitrogen and oxygen atoms in total. The van der Waals surface area contributed by atoms with Gasteiger partial charge in [0.2, 0.25) is 0 Å². The Kier molecular flexibility index (Phi) is 4.48. The summed E-state index contributed by atoms with van der Waals surface area (Å²) in [7, 11) is 0. The molecule has 2 saturated carbocycles. The van der Waals surface area contributed by atoms with E-state index in [4.69, 9.17) is 4.74 Å². The molecule has 19 heavy (non-hydrogen) atoms. The molecule has 0 aromatic rings. The van der Waals surface area contributed by atoms with Crippen LogP contribution in [0.3, 0.4) is 0 Å². The first kappa shape index (κ1) is 13.9. The average molecular weight is 265 g/mol. The average Bonchev–Trinajstić information content (AvgIpc) is 2.88. The second-order valence-corrected chi connectivity index (χ2v) is 7.10. The van der Waals surface area contributed by atoms with Gasteiger partial charge in [0, 0.05) is 12.6 Å². The van der Waals surface area contributed by atoms with E-state index in [0.717, 1.165) is 31.0 Å². The van der Waals surface area contributed by atoms with Crippen LogP contribution in [0.4, 0.5) is 0 Å². The van der Waals surface area contributed by atoms with Crippen LogP contribution in [0.2, 0.25) is 0 Å². The molecule has 2 aliphatic carbocycles. The van der Waals surface area contributed by atoms with E-state index in [2.05, 4.69) is 12.2 Å². The predicted molar refractivity (Wildman–Crippen MR) is 79.3 cm³/mol. The standard InChI is InChI=1S/C17H31NO/c1-2-18-16-8-4-3-7-15(16)14-9-12-19-17(13-14)10-5-6-11-17/h14-16,18H,2-13H2,1H3. The minimum absolute atomic E-state index is 0.303. The molecule has 3 atom stereocenters. The molecular weight excluding hydrogens is 234 g/mol. The van der Waals surface area contributed by atoms with Gasteiger partial charge in [-0.1, -0.05) is 32.6 Å². The third-order valence-corrected chi connectivity index (χ3v) is 5.94. The highest BCUT2D eigenvalue weighted by Crippen LogP contribution is 2.46. The zero-order valence-corrected chi connectivity index (χ0v) is 12.6. The molecule has 1 aliphatic heterocycles. The lowest BCUT2D eigenvalue weighted by Gasteiger charge is -2.45. The van der Waals surface area contributed by atoms with Crippen LogP contribution < -0.4 is 5.32 Å². The fourth-order valence-electron chi connectivity index (χ4n) is 5.04. The minimum atomic E-state index is 0.303. The maximum absolute atomic E-state index is 6.22. The number of nitrogens with one attached hydrogen (secondary N) is 1. The molecule has 1 heterocycles. The van der Waals surface area contributed by atoms with Crippen molar-refractivity contribution in [1.29, 1.82) is 0 Å². The summed E-state index contributed by atoms with van der Waals surface area (Å²) in [6.07, 6.45) is 13.9. The summed E-state index contributed by atoms with van der Waals surface area (Å²) < 4.78 is 6.22. The van der Waals surface area contributed by atoms with E-state index in [9.17, 15) is 0 Å². The maximum Gasteiger partial charge on any atom is 0.0685 e. The topological polar surface area (TPSA) is 21.3 Å². The van der Waals surface area contributed by atoms with Crippen molar-refractivity contribution in [2.24, 2.45) is 11.8 Å². The fraction of sp³-hybridized carbons (Fsp3) is 1.00. The van der Waals surface area contributed by atoms with E-state index < -0.39 is 0 Å². The van der Waals surface area contributed by atoms with Crippen molar-refractivity contribution in [1.82, 2.24) is 5.32 Å². The molecule has 110 valence electrons. The summed E-state index contributed by atoms with van der Waals surface area (Å²) in [4.78, 5) is 0. The zero-order chi connectivity index (χ0) is 13.1. The molecule has 3 rings (SSSR count). The lowest BCUT2D eigenvalue weighted by Crippen LogP contribution is -2.47. The highest BCUT2D eigenvalue weighted by molar-refractivity contribution is 4.95. The van der Waals surface area contributed by atoms with Crippen LogP contribution in [0.25, 0.3) is 0 Å². The van der Waals surface area contributed by atoms with Gasteiger partial charge in [-0.3, -0.25) is 0 Å². The normalized spacial score (nSPS) is 38.7. The molecule has 0 aromatic carbocycles. The highest BCUT2D eigenvalue weighted by atomic mass is 16.5. The highest BCUT2D eigenvalue weighted by Gasteiger charge is 2.43. The largest absolute Gasteiger partial charge is 0.375 e. The third-order valence-electron chi connectivity index (χ3n) is 5.94. The maximum atomic E-state index is 6.22. The van der Waals surface area contributed by atoms with Crippen LogP contribution in [0.1, 0.15) is 71.1 Å². The van der Waals surface area contributed by atoms with Gasteiger partial charge < -0.3 is 10.1 Å². The van der Waals surface area contributed by atoms with Gasteiger partial charge in [-0.15, -0.1) is 0 Å². The molecule has 0 radical (unpaired) electrons. The Morgan fingerprint density at radius 1 is 1.05 bits per heavy atom. The van der Waals surface area contributed by atoms with E-state index in [1.165, 1.54) is 64.2 Å². The van der Waals surface area contributed by atoms with Crippen LogP contribution in [-0.4, -0.2) is 24.8 Å². The van der Waals surface area contributed by atoms with Crippen molar-refractivity contribution in [2.45, 2.75) is 82.8 Å². The molecule has 1 N–H and O–H groups in total. The smallest absolute Gasteiger partial charge is 0.0685 e. The summed E-state index contributed by atoms with van der Waals surface area (Å²) in [5, 5.41) is 3.77. The number of rotatable bonds is 3. The minimum Gasteiger partial charge on any atom is -0.375 e. The van der Waals surface area contributed by atoms with E-state index in [1.807, 2.05) is 0 Å². The van der Waals surface area contributed by atoms with Crippen LogP contribution >= 0.6 is 0 Å². The Labute approximate surface area is 118 Å². The van der Waals surface area contributed by atoms with Crippen LogP contribution in [0.15, 0.2) is 0 Å². The molecule has 2 heteroatoms. The molecule has 3 fully saturated rings. The molecule has 0 aromatic heterocycles. The predicted octanol–water partition coefficient (Wildman–Crippen LogP) is 3.89. The van der Waals surface area contributed by atoms with Crippen LogP contribution in [-0.2, 0) is 4.74 Å². The summed E-state index contributed by atoms with van der Waals surface area (Å²) in [5.74, 6) is 1.85. The fourth-order valence-corrected chi connectivity index (χ4v) is 5.04. The Morgan fingerprint density at radius 3 is 2.63 bits per heavy atom. The van der Waals surface area contributed by atoms with Crippen molar-refractivity contribution in [3.8, 4) is 0 Å². The second-order valence-electron chi connectivity index (χ2n) is 7.10. The summed E-state index contributed by atoms with van der Waals surface area (Å²) in [5.41, 5.74) is 0.303. The van der Waals surface area contributed by atoms with Gasteiger partial charge >= 0.3 is 0 Å². The van der Waals surface area contributed by atoms with Crippen molar-refractivity contribution < 1.29 is 4.74 Å². The third kappa shape index (κ3) is 3.00. The number of hydrogen-bond donors (Lipinski definition) is 1. The second kappa shape index (κ2) is 6.13. The molecule has 1 saturated heterocycles. The van der Waals surface area contributed by atoms with Gasteiger partial charge in [-0.05, 0) is 56.9 Å². The van der Waals surface area contributed by atoms with E-state index in [-0.39, 0.29) is 0 Å². The summed E-state index contributed by atoms with van der Waals surface area (Å²) in [6.45, 7) is 4.42. The SMILES string of the molecule is CCNC1CCCCC1C1CCOC2(CCCC2)C1. The summed E-state index contributed by atoms with van der Waals surface area (Å²) in [6, 6.07) is 0.792. The first-order valence-electron chi connectivity index (χ1n) is 8.70. The van der Waals surface area contributed by atoms with E-state index in [1.54, 1.807) is 0 Å². The van der Waals surface area contributed by atoms with E-state index in [0.29, 0.717) is 5.60 Å². The Bertz CT molecular complexity index is 283. The van der Waals surface area contributed by atoms with Gasteiger partial charge in [0.05, 0.1) is 5.60 Å².